The van der Waals surface area contributed by atoms with Gasteiger partial charge in [0, 0.05) is 7.11 Å². The normalized spacial score (nSPS) is 37.1. The molecule has 2 unspecified atom stereocenters. The van der Waals surface area contributed by atoms with Crippen LogP contribution in [0.25, 0.3) is 0 Å². The van der Waals surface area contributed by atoms with E-state index in [0.717, 1.165) is 0 Å². The van der Waals surface area contributed by atoms with E-state index in [1.807, 2.05) is 0 Å². The molecule has 1 rings (SSSR count). The third-order valence-electron chi connectivity index (χ3n) is 1.76. The summed E-state index contributed by atoms with van der Waals surface area (Å²) in [5, 5.41) is 27.5. The second kappa shape index (κ2) is 3.30. The van der Waals surface area contributed by atoms with E-state index in [9.17, 15) is 5.11 Å². The molecule has 0 aromatic carbocycles. The van der Waals surface area contributed by atoms with Gasteiger partial charge in [0.05, 0.1) is 0 Å². The second-order valence-corrected chi connectivity index (χ2v) is 2.60. The molecule has 0 saturated heterocycles. The maximum absolute atomic E-state index is 9.21. The van der Waals surface area contributed by atoms with Crippen molar-refractivity contribution in [1.29, 1.82) is 0 Å². The number of aliphatic hydroxyl groups excluding tert-OH is 3. The van der Waals surface area contributed by atoms with Gasteiger partial charge in [0.15, 0.2) is 23.9 Å². The Morgan fingerprint density at radius 3 is 2.42 bits per heavy atom. The molecule has 0 saturated carbocycles. The minimum Gasteiger partial charge on any atom is -0.506 e. The smallest absolute Gasteiger partial charge is 0.191 e. The fourth-order valence-electron chi connectivity index (χ4n) is 1.01. The van der Waals surface area contributed by atoms with E-state index in [1.165, 1.54) is 7.11 Å². The fourth-order valence-corrected chi connectivity index (χ4v) is 1.01. The molecule has 3 atom stereocenters. The first-order chi connectivity index (χ1) is 5.57. The lowest BCUT2D eigenvalue weighted by molar-refractivity contribution is -0.209. The fraction of sp³-hybridized carbons (Fsp3) is 0.714. The molecule has 5 heteroatoms. The van der Waals surface area contributed by atoms with E-state index in [-0.39, 0.29) is 5.76 Å². The third-order valence-corrected chi connectivity index (χ3v) is 1.76. The molecule has 0 spiro atoms. The molecule has 12 heavy (non-hydrogen) atoms. The van der Waals surface area contributed by atoms with Crippen LogP contribution in [0.3, 0.4) is 0 Å². The summed E-state index contributed by atoms with van der Waals surface area (Å²) in [7, 11) is 1.34. The van der Waals surface area contributed by atoms with Crippen molar-refractivity contribution in [3.05, 3.63) is 11.5 Å². The van der Waals surface area contributed by atoms with Crippen molar-refractivity contribution < 1.29 is 24.8 Å². The van der Waals surface area contributed by atoms with E-state index < -0.39 is 24.3 Å². The molecular formula is C7H12O5. The minimum absolute atomic E-state index is 0.351. The van der Waals surface area contributed by atoms with Crippen LogP contribution in [0.4, 0.5) is 0 Å². The molecule has 0 bridgehead atoms. The van der Waals surface area contributed by atoms with E-state index in [0.29, 0.717) is 0 Å². The van der Waals surface area contributed by atoms with Crippen molar-refractivity contribution in [2.75, 3.05) is 7.11 Å². The average Bonchev–Trinajstić information content (AvgIpc) is 2.08. The molecule has 1 aliphatic rings. The summed E-state index contributed by atoms with van der Waals surface area (Å²) in [6, 6.07) is 0. The summed E-state index contributed by atoms with van der Waals surface area (Å²) in [6.07, 6.45) is -2.89. The van der Waals surface area contributed by atoms with Crippen molar-refractivity contribution >= 4 is 0 Å². The van der Waals surface area contributed by atoms with Crippen LogP contribution in [0.1, 0.15) is 6.92 Å². The summed E-state index contributed by atoms with van der Waals surface area (Å²) in [6.45, 7) is 1.55. The van der Waals surface area contributed by atoms with Crippen molar-refractivity contribution in [2.45, 2.75) is 25.4 Å². The first-order valence-corrected chi connectivity index (χ1v) is 3.56. The number of hydrogen-bond donors (Lipinski definition) is 3. The quantitative estimate of drug-likeness (QED) is 0.526. The molecule has 0 amide bonds. The highest BCUT2D eigenvalue weighted by molar-refractivity contribution is 5.11. The summed E-state index contributed by atoms with van der Waals surface area (Å²) >= 11 is 0. The SMILES string of the molecule is CO[C@@H]1OC(C)C(O)=C(O)C1O. The highest BCUT2D eigenvalue weighted by atomic mass is 16.7. The molecule has 70 valence electrons. The summed E-state index contributed by atoms with van der Waals surface area (Å²) in [4.78, 5) is 0. The Morgan fingerprint density at radius 1 is 1.33 bits per heavy atom. The van der Waals surface area contributed by atoms with Gasteiger partial charge in [-0.15, -0.1) is 0 Å². The van der Waals surface area contributed by atoms with Crippen LogP contribution in [0.15, 0.2) is 11.5 Å². The van der Waals surface area contributed by atoms with Gasteiger partial charge in [-0.25, -0.2) is 0 Å². The Balaban J connectivity index is 2.85. The predicted octanol–water partition coefficient (Wildman–Crippen LogP) is 0.0661. The zero-order valence-corrected chi connectivity index (χ0v) is 6.89. The van der Waals surface area contributed by atoms with Gasteiger partial charge < -0.3 is 24.8 Å². The standard InChI is InChI=1S/C7H12O5/c1-3-4(8)5(9)6(10)7(11-2)12-3/h3,6-10H,1-2H3/t3?,6?,7-/m1/s1. The first-order valence-electron chi connectivity index (χ1n) is 3.56. The second-order valence-electron chi connectivity index (χ2n) is 2.60. The van der Waals surface area contributed by atoms with Crippen molar-refractivity contribution in [1.82, 2.24) is 0 Å². The van der Waals surface area contributed by atoms with Gasteiger partial charge in [0.25, 0.3) is 0 Å². The molecule has 1 aliphatic heterocycles. The van der Waals surface area contributed by atoms with Crippen LogP contribution in [0.2, 0.25) is 0 Å². The lowest BCUT2D eigenvalue weighted by atomic mass is 10.1. The van der Waals surface area contributed by atoms with Gasteiger partial charge in [-0.2, -0.15) is 0 Å². The maximum atomic E-state index is 9.21. The average molecular weight is 176 g/mol. The van der Waals surface area contributed by atoms with Crippen LogP contribution < -0.4 is 0 Å². The van der Waals surface area contributed by atoms with Gasteiger partial charge in [-0.1, -0.05) is 0 Å². The topological polar surface area (TPSA) is 79.2 Å². The number of ether oxygens (including phenoxy) is 2. The van der Waals surface area contributed by atoms with Crippen LogP contribution in [-0.4, -0.2) is 40.9 Å². The molecule has 0 aromatic heterocycles. The Bertz CT molecular complexity index is 200. The van der Waals surface area contributed by atoms with E-state index in [4.69, 9.17) is 19.7 Å². The van der Waals surface area contributed by atoms with E-state index >= 15 is 0 Å². The highest BCUT2D eigenvalue weighted by Crippen LogP contribution is 2.22. The number of rotatable bonds is 1. The molecule has 0 fully saturated rings. The van der Waals surface area contributed by atoms with Crippen LogP contribution >= 0.6 is 0 Å². The Kier molecular flexibility index (Phi) is 2.56. The Morgan fingerprint density at radius 2 is 1.92 bits per heavy atom. The minimum atomic E-state index is -1.31. The number of methoxy groups -OCH3 is 1. The molecule has 0 radical (unpaired) electrons. The van der Waals surface area contributed by atoms with Gasteiger partial charge in [0.2, 0.25) is 0 Å². The molecule has 0 aromatic rings. The maximum Gasteiger partial charge on any atom is 0.191 e. The van der Waals surface area contributed by atoms with Crippen LogP contribution in [0.5, 0.6) is 0 Å². The van der Waals surface area contributed by atoms with E-state index in [1.54, 1.807) is 6.92 Å². The molecule has 3 N–H and O–H groups in total. The van der Waals surface area contributed by atoms with Gasteiger partial charge in [-0.05, 0) is 6.92 Å². The zero-order valence-electron chi connectivity index (χ0n) is 6.89. The van der Waals surface area contributed by atoms with Gasteiger partial charge >= 0.3 is 0 Å². The number of hydrogen-bond acceptors (Lipinski definition) is 5. The highest BCUT2D eigenvalue weighted by Gasteiger charge is 2.35. The van der Waals surface area contributed by atoms with Gasteiger partial charge in [0.1, 0.15) is 6.10 Å². The Hall–Kier alpha value is -0.780. The third kappa shape index (κ3) is 1.38. The summed E-state index contributed by atoms with van der Waals surface area (Å²) in [5.41, 5.74) is 0. The number of aliphatic hydroxyl groups is 3. The molecule has 5 nitrogen and oxygen atoms in total. The van der Waals surface area contributed by atoms with E-state index in [2.05, 4.69) is 0 Å². The zero-order chi connectivity index (χ0) is 9.30. The summed E-state index contributed by atoms with van der Waals surface area (Å²) < 4.78 is 9.71. The lowest BCUT2D eigenvalue weighted by Crippen LogP contribution is -2.41. The molecular weight excluding hydrogens is 164 g/mol. The van der Waals surface area contributed by atoms with Crippen LogP contribution in [-0.2, 0) is 9.47 Å². The van der Waals surface area contributed by atoms with Gasteiger partial charge in [-0.3, -0.25) is 0 Å². The van der Waals surface area contributed by atoms with Crippen molar-refractivity contribution in [3.63, 3.8) is 0 Å². The lowest BCUT2D eigenvalue weighted by Gasteiger charge is -2.30. The monoisotopic (exact) mass is 176 g/mol. The predicted molar refractivity (Wildman–Crippen MR) is 39.6 cm³/mol. The Labute approximate surface area is 69.8 Å². The van der Waals surface area contributed by atoms with Crippen molar-refractivity contribution in [2.24, 2.45) is 0 Å². The van der Waals surface area contributed by atoms with Crippen molar-refractivity contribution in [3.8, 4) is 0 Å². The first kappa shape index (κ1) is 9.31. The van der Waals surface area contributed by atoms with Crippen LogP contribution in [0, 0.1) is 0 Å². The molecule has 1 heterocycles. The summed E-state index contributed by atoms with van der Waals surface area (Å²) in [5.74, 6) is -0.837. The largest absolute Gasteiger partial charge is 0.506 e. The molecule has 0 aliphatic carbocycles.